The van der Waals surface area contributed by atoms with Crippen molar-refractivity contribution < 1.29 is 9.26 Å². The Balaban J connectivity index is 1.60. The van der Waals surface area contributed by atoms with E-state index >= 15 is 0 Å². The van der Waals surface area contributed by atoms with Gasteiger partial charge >= 0.3 is 0 Å². The molecule has 0 radical (unpaired) electrons. The molecule has 5 nitrogen and oxygen atoms in total. The summed E-state index contributed by atoms with van der Waals surface area (Å²) in [7, 11) is 0. The molecule has 0 spiro atoms. The summed E-state index contributed by atoms with van der Waals surface area (Å²) >= 11 is 0. The van der Waals surface area contributed by atoms with Crippen LogP contribution < -0.4 is 10.1 Å². The molecule has 2 aromatic rings. The minimum Gasteiger partial charge on any atom is -0.493 e. The third kappa shape index (κ3) is 3.35. The maximum atomic E-state index is 5.79. The molecule has 0 saturated heterocycles. The van der Waals surface area contributed by atoms with Gasteiger partial charge < -0.3 is 14.6 Å². The molecule has 21 heavy (non-hydrogen) atoms. The number of hydrogen-bond acceptors (Lipinski definition) is 5. The van der Waals surface area contributed by atoms with E-state index in [2.05, 4.69) is 27.6 Å². The van der Waals surface area contributed by atoms with Crippen LogP contribution in [0.1, 0.15) is 37.6 Å². The Kier molecular flexibility index (Phi) is 4.08. The van der Waals surface area contributed by atoms with Crippen LogP contribution in [-0.4, -0.2) is 23.3 Å². The van der Waals surface area contributed by atoms with Gasteiger partial charge in [0.05, 0.1) is 6.61 Å². The molecule has 0 bridgehead atoms. The Bertz CT molecular complexity index is 595. The van der Waals surface area contributed by atoms with Crippen molar-refractivity contribution in [1.29, 1.82) is 0 Å². The van der Waals surface area contributed by atoms with E-state index in [-0.39, 0.29) is 5.92 Å². The quantitative estimate of drug-likeness (QED) is 0.935. The summed E-state index contributed by atoms with van der Waals surface area (Å²) in [5, 5.41) is 7.24. The summed E-state index contributed by atoms with van der Waals surface area (Å²) in [5.41, 5.74) is 1.28. The van der Waals surface area contributed by atoms with Crippen molar-refractivity contribution in [3.63, 3.8) is 0 Å². The predicted molar refractivity (Wildman–Crippen MR) is 80.6 cm³/mol. The third-order valence-electron chi connectivity index (χ3n) is 3.75. The molecule has 0 amide bonds. The van der Waals surface area contributed by atoms with Gasteiger partial charge in [-0.05, 0) is 35.5 Å². The molecule has 0 unspecified atom stereocenters. The molecule has 2 heterocycles. The number of anilines is 1. The van der Waals surface area contributed by atoms with Gasteiger partial charge in [0, 0.05) is 12.5 Å². The molecular weight excluding hydrogens is 266 g/mol. The summed E-state index contributed by atoms with van der Waals surface area (Å²) in [5.74, 6) is 3.03. The molecule has 1 aromatic carbocycles. The lowest BCUT2D eigenvalue weighted by Gasteiger charge is -2.13. The van der Waals surface area contributed by atoms with Crippen LogP contribution in [0.5, 0.6) is 5.75 Å². The SMILES string of the molecule is CC(C)c1nc(NC[C@H]2CCOc3ccccc3C2)no1. The molecule has 3 rings (SSSR count). The highest BCUT2D eigenvalue weighted by molar-refractivity contribution is 5.34. The van der Waals surface area contributed by atoms with Crippen LogP contribution in [0, 0.1) is 5.92 Å². The van der Waals surface area contributed by atoms with Crippen LogP contribution >= 0.6 is 0 Å². The van der Waals surface area contributed by atoms with Crippen LogP contribution in [0.2, 0.25) is 0 Å². The van der Waals surface area contributed by atoms with Crippen molar-refractivity contribution in [3.05, 3.63) is 35.7 Å². The zero-order chi connectivity index (χ0) is 14.7. The second-order valence-corrected chi connectivity index (χ2v) is 5.81. The van der Waals surface area contributed by atoms with Crippen LogP contribution in [0.15, 0.2) is 28.8 Å². The van der Waals surface area contributed by atoms with Gasteiger partial charge in [-0.15, -0.1) is 0 Å². The topological polar surface area (TPSA) is 60.2 Å². The van der Waals surface area contributed by atoms with E-state index in [0.29, 0.717) is 17.8 Å². The third-order valence-corrected chi connectivity index (χ3v) is 3.75. The molecule has 0 fully saturated rings. The van der Waals surface area contributed by atoms with Gasteiger partial charge in [-0.1, -0.05) is 32.0 Å². The average molecular weight is 287 g/mol. The molecule has 0 saturated carbocycles. The van der Waals surface area contributed by atoms with Gasteiger partial charge in [0.15, 0.2) is 0 Å². The van der Waals surface area contributed by atoms with Crippen LogP contribution in [0.3, 0.4) is 0 Å². The molecule has 112 valence electrons. The number of ether oxygens (including phenoxy) is 1. The van der Waals surface area contributed by atoms with E-state index in [1.807, 2.05) is 26.0 Å². The molecule has 1 aliphatic rings. The first-order valence-corrected chi connectivity index (χ1v) is 7.50. The second-order valence-electron chi connectivity index (χ2n) is 5.81. The molecule has 1 N–H and O–H groups in total. The fraction of sp³-hybridized carbons (Fsp3) is 0.500. The fourth-order valence-corrected chi connectivity index (χ4v) is 2.51. The number of rotatable bonds is 4. The number of para-hydroxylation sites is 1. The van der Waals surface area contributed by atoms with Crippen molar-refractivity contribution >= 4 is 5.95 Å². The van der Waals surface area contributed by atoms with E-state index in [0.717, 1.165) is 31.7 Å². The Morgan fingerprint density at radius 2 is 2.19 bits per heavy atom. The van der Waals surface area contributed by atoms with E-state index < -0.39 is 0 Å². The number of nitrogens with one attached hydrogen (secondary N) is 1. The zero-order valence-electron chi connectivity index (χ0n) is 12.5. The summed E-state index contributed by atoms with van der Waals surface area (Å²) in [4.78, 5) is 4.34. The molecule has 1 aromatic heterocycles. The smallest absolute Gasteiger partial charge is 0.263 e. The molecular formula is C16H21N3O2. The van der Waals surface area contributed by atoms with Gasteiger partial charge in [-0.25, -0.2) is 0 Å². The zero-order valence-corrected chi connectivity index (χ0v) is 12.5. The maximum absolute atomic E-state index is 5.79. The number of hydrogen-bond donors (Lipinski definition) is 1. The predicted octanol–water partition coefficient (Wildman–Crippen LogP) is 3.25. The molecule has 1 atom stereocenters. The van der Waals surface area contributed by atoms with Crippen LogP contribution in [0.4, 0.5) is 5.95 Å². The van der Waals surface area contributed by atoms with Crippen LogP contribution in [-0.2, 0) is 6.42 Å². The lowest BCUT2D eigenvalue weighted by molar-refractivity contribution is 0.298. The lowest BCUT2D eigenvalue weighted by atomic mass is 9.97. The Morgan fingerprint density at radius 1 is 1.33 bits per heavy atom. The number of benzene rings is 1. The highest BCUT2D eigenvalue weighted by Gasteiger charge is 2.18. The minimum atomic E-state index is 0.256. The van der Waals surface area contributed by atoms with Crippen molar-refractivity contribution in [2.24, 2.45) is 5.92 Å². The summed E-state index contributed by atoms with van der Waals surface area (Å²) < 4.78 is 11.0. The van der Waals surface area contributed by atoms with Crippen molar-refractivity contribution in [2.75, 3.05) is 18.5 Å². The van der Waals surface area contributed by atoms with Crippen LogP contribution in [0.25, 0.3) is 0 Å². The highest BCUT2D eigenvalue weighted by atomic mass is 16.5. The summed E-state index contributed by atoms with van der Waals surface area (Å²) in [6.07, 6.45) is 2.04. The maximum Gasteiger partial charge on any atom is 0.263 e. The summed E-state index contributed by atoms with van der Waals surface area (Å²) in [6.45, 7) is 5.66. The van der Waals surface area contributed by atoms with E-state index in [1.54, 1.807) is 0 Å². The van der Waals surface area contributed by atoms with Gasteiger partial charge in [-0.3, -0.25) is 0 Å². The van der Waals surface area contributed by atoms with Crippen molar-refractivity contribution in [2.45, 2.75) is 32.6 Å². The Hall–Kier alpha value is -2.04. The fourth-order valence-electron chi connectivity index (χ4n) is 2.51. The standard InChI is InChI=1S/C16H21N3O2/c1-11(2)15-18-16(19-21-15)17-10-12-7-8-20-14-6-4-3-5-13(14)9-12/h3-6,11-12H,7-10H2,1-2H3,(H,17,19)/t12-/m0/s1. The highest BCUT2D eigenvalue weighted by Crippen LogP contribution is 2.26. The average Bonchev–Trinajstić information content (AvgIpc) is 2.86. The molecule has 5 heteroatoms. The van der Waals surface area contributed by atoms with Crippen molar-refractivity contribution in [1.82, 2.24) is 10.1 Å². The first-order valence-electron chi connectivity index (χ1n) is 7.50. The van der Waals surface area contributed by atoms with E-state index in [9.17, 15) is 0 Å². The van der Waals surface area contributed by atoms with Gasteiger partial charge in [0.1, 0.15) is 5.75 Å². The van der Waals surface area contributed by atoms with Gasteiger partial charge in [0.2, 0.25) is 5.89 Å². The largest absolute Gasteiger partial charge is 0.493 e. The van der Waals surface area contributed by atoms with Gasteiger partial charge in [0.25, 0.3) is 5.95 Å². The number of aromatic nitrogens is 2. The lowest BCUT2D eigenvalue weighted by Crippen LogP contribution is -2.18. The van der Waals surface area contributed by atoms with Crippen molar-refractivity contribution in [3.8, 4) is 5.75 Å². The molecule has 1 aliphatic heterocycles. The van der Waals surface area contributed by atoms with E-state index in [4.69, 9.17) is 9.26 Å². The molecule has 0 aliphatic carbocycles. The number of fused-ring (bicyclic) bond motifs is 1. The van der Waals surface area contributed by atoms with Gasteiger partial charge in [-0.2, -0.15) is 4.98 Å². The Labute approximate surface area is 124 Å². The Morgan fingerprint density at radius 3 is 3.00 bits per heavy atom. The summed E-state index contributed by atoms with van der Waals surface area (Å²) in [6, 6.07) is 8.26. The second kappa shape index (κ2) is 6.16. The normalized spacial score (nSPS) is 18.0. The first-order chi connectivity index (χ1) is 10.2. The first kappa shape index (κ1) is 13.9. The minimum absolute atomic E-state index is 0.256. The number of nitrogens with zero attached hydrogens (tertiary/aromatic N) is 2. The monoisotopic (exact) mass is 287 g/mol. The van der Waals surface area contributed by atoms with E-state index in [1.165, 1.54) is 5.56 Å².